The van der Waals surface area contributed by atoms with Crippen molar-refractivity contribution in [3.8, 4) is 0 Å². The second-order valence-corrected chi connectivity index (χ2v) is 6.96. The summed E-state index contributed by atoms with van der Waals surface area (Å²) in [5, 5.41) is 2.84. The molecule has 3 fully saturated rings. The van der Waals surface area contributed by atoms with Crippen LogP contribution in [0.5, 0.6) is 0 Å². The lowest BCUT2D eigenvalue weighted by Crippen LogP contribution is -2.48. The van der Waals surface area contributed by atoms with Crippen molar-refractivity contribution in [2.24, 2.45) is 5.92 Å². The highest BCUT2D eigenvalue weighted by atomic mass is 16.2. The van der Waals surface area contributed by atoms with E-state index < -0.39 is 0 Å². The number of anilines is 1. The summed E-state index contributed by atoms with van der Waals surface area (Å²) < 4.78 is 0. The van der Waals surface area contributed by atoms with E-state index in [4.69, 9.17) is 0 Å². The molecule has 134 valence electrons. The first-order chi connectivity index (χ1) is 12.0. The van der Waals surface area contributed by atoms with Crippen molar-refractivity contribution in [1.82, 2.24) is 19.8 Å². The Balaban J connectivity index is 1.77. The maximum absolute atomic E-state index is 12.8. The van der Waals surface area contributed by atoms with Crippen LogP contribution in [0.25, 0.3) is 0 Å². The fourth-order valence-corrected chi connectivity index (χ4v) is 3.48. The smallest absolute Gasteiger partial charge is 0.257 e. The van der Waals surface area contributed by atoms with Crippen LogP contribution in [-0.4, -0.2) is 64.3 Å². The Hall–Kier alpha value is -2.44. The van der Waals surface area contributed by atoms with E-state index in [1.165, 1.54) is 18.0 Å². The van der Waals surface area contributed by atoms with Gasteiger partial charge in [0.05, 0.1) is 11.5 Å². The highest BCUT2D eigenvalue weighted by Crippen LogP contribution is 2.29. The number of carbonyl (C=O) groups is 2. The molecule has 0 spiro atoms. The lowest BCUT2D eigenvalue weighted by molar-refractivity contribution is -0.139. The first-order valence-electron chi connectivity index (χ1n) is 8.72. The number of fused-ring (bicyclic) bond motifs is 4. The highest BCUT2D eigenvalue weighted by molar-refractivity contribution is 5.94. The molecule has 2 bridgehead atoms. The van der Waals surface area contributed by atoms with E-state index >= 15 is 0 Å². The van der Waals surface area contributed by atoms with Gasteiger partial charge in [-0.2, -0.15) is 0 Å². The Morgan fingerprint density at radius 2 is 2.00 bits per heavy atom. The van der Waals surface area contributed by atoms with Crippen molar-refractivity contribution in [2.75, 3.05) is 32.0 Å². The standard InChI is InChI=1S/C18H25N5O2/c1-12(2)6-7-23-15-5-4-13(17(23)25)10-22(11-15)16(24)14-8-20-18(19-3)21-9-14/h6,8-9,13,15H,4-5,7,10-11H2,1-3H3,(H,19,20,21)/t13-,15+/m1/s1. The molecule has 1 aromatic rings. The number of piperidine rings is 1. The monoisotopic (exact) mass is 343 g/mol. The van der Waals surface area contributed by atoms with E-state index in [2.05, 4.69) is 21.4 Å². The van der Waals surface area contributed by atoms with Crippen LogP contribution in [-0.2, 0) is 4.79 Å². The molecule has 3 saturated heterocycles. The number of nitrogens with one attached hydrogen (secondary N) is 1. The summed E-state index contributed by atoms with van der Waals surface area (Å²) in [7, 11) is 1.73. The van der Waals surface area contributed by atoms with Crippen molar-refractivity contribution in [3.63, 3.8) is 0 Å². The molecular formula is C18H25N5O2. The third kappa shape index (κ3) is 3.65. The number of aromatic nitrogens is 2. The zero-order valence-corrected chi connectivity index (χ0v) is 15.0. The van der Waals surface area contributed by atoms with E-state index in [-0.39, 0.29) is 23.8 Å². The molecule has 3 aliphatic heterocycles. The molecule has 25 heavy (non-hydrogen) atoms. The minimum absolute atomic E-state index is 0.0864. The predicted octanol–water partition coefficient (Wildman–Crippen LogP) is 1.55. The number of amides is 2. The predicted molar refractivity (Wildman–Crippen MR) is 95.1 cm³/mol. The number of carbonyl (C=O) groups excluding carboxylic acids is 2. The molecule has 0 saturated carbocycles. The molecule has 0 aromatic carbocycles. The van der Waals surface area contributed by atoms with Gasteiger partial charge in [0.1, 0.15) is 0 Å². The quantitative estimate of drug-likeness (QED) is 0.839. The zero-order chi connectivity index (χ0) is 18.0. The number of nitrogens with zero attached hydrogens (tertiary/aromatic N) is 4. The average Bonchev–Trinajstić information content (AvgIpc) is 2.90. The highest BCUT2D eigenvalue weighted by Gasteiger charge is 2.41. The summed E-state index contributed by atoms with van der Waals surface area (Å²) in [6.45, 7) is 5.75. The van der Waals surface area contributed by atoms with Crippen molar-refractivity contribution >= 4 is 17.8 Å². The van der Waals surface area contributed by atoms with Crippen LogP contribution in [0.4, 0.5) is 5.95 Å². The normalized spacial score (nSPS) is 22.6. The summed E-state index contributed by atoms with van der Waals surface area (Å²) in [5.74, 6) is 0.448. The van der Waals surface area contributed by atoms with Crippen molar-refractivity contribution in [2.45, 2.75) is 32.7 Å². The third-order valence-electron chi connectivity index (χ3n) is 4.90. The summed E-state index contributed by atoms with van der Waals surface area (Å²) in [5.41, 5.74) is 1.66. The fourth-order valence-electron chi connectivity index (χ4n) is 3.48. The molecule has 0 unspecified atom stereocenters. The van der Waals surface area contributed by atoms with E-state index in [0.29, 0.717) is 31.1 Å². The minimum atomic E-state index is -0.106. The number of rotatable bonds is 4. The van der Waals surface area contributed by atoms with E-state index in [9.17, 15) is 9.59 Å². The number of hydrogen-bond donors (Lipinski definition) is 1. The van der Waals surface area contributed by atoms with Gasteiger partial charge in [-0.25, -0.2) is 9.97 Å². The topological polar surface area (TPSA) is 78.4 Å². The summed E-state index contributed by atoms with van der Waals surface area (Å²) in [6.07, 6.45) is 6.96. The van der Waals surface area contributed by atoms with Gasteiger partial charge in [0.25, 0.3) is 5.91 Å². The average molecular weight is 343 g/mol. The van der Waals surface area contributed by atoms with Crippen LogP contribution < -0.4 is 5.32 Å². The first-order valence-corrected chi connectivity index (χ1v) is 8.72. The largest absolute Gasteiger partial charge is 0.357 e. The zero-order valence-electron chi connectivity index (χ0n) is 15.0. The summed E-state index contributed by atoms with van der Waals surface area (Å²) >= 11 is 0. The second kappa shape index (κ2) is 7.21. The molecule has 1 N–H and O–H groups in total. The summed E-state index contributed by atoms with van der Waals surface area (Å²) in [6, 6.07) is 0.0864. The Morgan fingerprint density at radius 3 is 2.64 bits per heavy atom. The van der Waals surface area contributed by atoms with Crippen molar-refractivity contribution in [3.05, 3.63) is 29.6 Å². The van der Waals surface area contributed by atoms with E-state index in [1.54, 1.807) is 11.9 Å². The van der Waals surface area contributed by atoms with Crippen molar-refractivity contribution < 1.29 is 9.59 Å². The molecule has 7 heteroatoms. The Bertz CT molecular complexity index is 681. The molecule has 4 rings (SSSR count). The van der Waals surface area contributed by atoms with Crippen LogP contribution >= 0.6 is 0 Å². The molecule has 0 aliphatic carbocycles. The fraction of sp³-hybridized carbons (Fsp3) is 0.556. The van der Waals surface area contributed by atoms with Crippen LogP contribution in [0, 0.1) is 5.92 Å². The number of hydrogen-bond acceptors (Lipinski definition) is 5. The van der Waals surface area contributed by atoms with Gasteiger partial charge in [0.2, 0.25) is 11.9 Å². The molecule has 1 aromatic heterocycles. The van der Waals surface area contributed by atoms with Gasteiger partial charge in [-0.3, -0.25) is 9.59 Å². The van der Waals surface area contributed by atoms with Crippen LogP contribution in [0.2, 0.25) is 0 Å². The van der Waals surface area contributed by atoms with E-state index in [0.717, 1.165) is 12.8 Å². The molecule has 3 aliphatic rings. The first kappa shape index (κ1) is 17.4. The summed E-state index contributed by atoms with van der Waals surface area (Å²) in [4.78, 5) is 37.5. The third-order valence-corrected chi connectivity index (χ3v) is 4.90. The lowest BCUT2D eigenvalue weighted by atomic mass is 9.94. The maximum Gasteiger partial charge on any atom is 0.257 e. The SMILES string of the molecule is CNc1ncc(C(=O)N2C[C@H]3CC[C@@H](C2)N(CC=C(C)C)C3=O)cn1. The van der Waals surface area contributed by atoms with Crippen LogP contribution in [0.1, 0.15) is 37.0 Å². The molecule has 7 nitrogen and oxygen atoms in total. The Kier molecular flexibility index (Phi) is 5.01. The van der Waals surface area contributed by atoms with Crippen LogP contribution in [0.3, 0.4) is 0 Å². The molecule has 4 heterocycles. The van der Waals surface area contributed by atoms with Crippen LogP contribution in [0.15, 0.2) is 24.0 Å². The van der Waals surface area contributed by atoms with E-state index in [1.807, 2.05) is 18.7 Å². The molecule has 2 atom stereocenters. The second-order valence-electron chi connectivity index (χ2n) is 6.96. The van der Waals surface area contributed by atoms with Crippen molar-refractivity contribution in [1.29, 1.82) is 0 Å². The van der Waals surface area contributed by atoms with Gasteiger partial charge < -0.3 is 15.1 Å². The van der Waals surface area contributed by atoms with Gasteiger partial charge in [0.15, 0.2) is 0 Å². The van der Waals surface area contributed by atoms with Gasteiger partial charge in [-0.05, 0) is 26.7 Å². The van der Waals surface area contributed by atoms with Gasteiger partial charge in [-0.15, -0.1) is 0 Å². The molecule has 2 amide bonds. The lowest BCUT2D eigenvalue weighted by Gasteiger charge is -2.35. The number of allylic oxidation sites excluding steroid dienone is 1. The van der Waals surface area contributed by atoms with Gasteiger partial charge in [-0.1, -0.05) is 11.6 Å². The Morgan fingerprint density at radius 1 is 1.28 bits per heavy atom. The molecular weight excluding hydrogens is 318 g/mol. The van der Waals surface area contributed by atoms with Gasteiger partial charge in [0, 0.05) is 45.1 Å². The molecule has 0 radical (unpaired) electrons. The maximum atomic E-state index is 12.8. The Labute approximate surface area is 148 Å². The van der Waals surface area contributed by atoms with Gasteiger partial charge >= 0.3 is 0 Å². The minimum Gasteiger partial charge on any atom is -0.357 e.